The third-order valence-electron chi connectivity index (χ3n) is 13.8. The molecule has 340 valence electrons. The Hall–Kier alpha value is -5.94. The van der Waals surface area contributed by atoms with Gasteiger partial charge in [-0.2, -0.15) is 0 Å². The number of fused-ring (bicyclic) bond motifs is 5. The van der Waals surface area contributed by atoms with Crippen LogP contribution in [0.1, 0.15) is 86.7 Å². The second-order valence-corrected chi connectivity index (χ2v) is 17.7. The first-order chi connectivity index (χ1) is 30.2. The summed E-state index contributed by atoms with van der Waals surface area (Å²) in [5.41, 5.74) is -7.28. The van der Waals surface area contributed by atoms with Crippen molar-refractivity contribution in [1.29, 1.82) is 0 Å². The van der Waals surface area contributed by atoms with E-state index in [0.29, 0.717) is 11.3 Å². The number of benzene rings is 3. The first-order valence-electron chi connectivity index (χ1n) is 21.0. The summed E-state index contributed by atoms with van der Waals surface area (Å²) in [6.07, 6.45) is -10.7. The number of rotatable bonds is 11. The van der Waals surface area contributed by atoms with Crippen molar-refractivity contribution >= 4 is 35.6 Å². The number of carbonyl (C=O) groups excluding carboxylic acids is 6. The van der Waals surface area contributed by atoms with Gasteiger partial charge >= 0.3 is 23.9 Å². The highest BCUT2D eigenvalue weighted by Crippen LogP contribution is 2.64. The number of esters is 4. The van der Waals surface area contributed by atoms with Crippen molar-refractivity contribution in [2.75, 3.05) is 13.7 Å². The van der Waals surface area contributed by atoms with Gasteiger partial charge in [-0.05, 0) is 60.9 Å². The van der Waals surface area contributed by atoms with Gasteiger partial charge in [0, 0.05) is 37.7 Å². The molecule has 4 aliphatic rings. The van der Waals surface area contributed by atoms with Gasteiger partial charge in [0.25, 0.3) is 5.91 Å². The molecule has 3 aliphatic carbocycles. The van der Waals surface area contributed by atoms with E-state index in [1.807, 2.05) is 0 Å². The van der Waals surface area contributed by atoms with Crippen molar-refractivity contribution in [2.24, 2.45) is 16.7 Å². The molecular formula is C48H53NO15. The average molecular weight is 884 g/mol. The first-order valence-corrected chi connectivity index (χ1v) is 21.0. The third kappa shape index (κ3) is 7.65. The smallest absolute Gasteiger partial charge is 0.338 e. The van der Waals surface area contributed by atoms with Crippen LogP contribution in [0.15, 0.2) is 96.1 Å². The number of hydrogen-bond acceptors (Lipinski definition) is 15. The van der Waals surface area contributed by atoms with Gasteiger partial charge in [0.05, 0.1) is 42.8 Å². The number of aliphatic hydroxyl groups is 3. The van der Waals surface area contributed by atoms with E-state index in [1.54, 1.807) is 86.6 Å². The van der Waals surface area contributed by atoms with Crippen molar-refractivity contribution in [3.8, 4) is 5.75 Å². The number of ether oxygens (including phenoxy) is 6. The largest absolute Gasteiger partial charge is 0.497 e. The molecule has 0 radical (unpaired) electrons. The van der Waals surface area contributed by atoms with Crippen LogP contribution in [0.5, 0.6) is 5.75 Å². The molecule has 1 amide bonds. The third-order valence-corrected chi connectivity index (χ3v) is 13.8. The van der Waals surface area contributed by atoms with Crippen molar-refractivity contribution in [3.05, 3.63) is 113 Å². The van der Waals surface area contributed by atoms with Crippen LogP contribution in [0.3, 0.4) is 0 Å². The normalized spacial score (nSPS) is 31.2. The Morgan fingerprint density at radius 2 is 1.50 bits per heavy atom. The quantitative estimate of drug-likeness (QED) is 0.122. The second kappa shape index (κ2) is 17.2. The van der Waals surface area contributed by atoms with Crippen molar-refractivity contribution in [2.45, 2.75) is 108 Å². The Kier molecular flexibility index (Phi) is 12.4. The summed E-state index contributed by atoms with van der Waals surface area (Å²) >= 11 is 0. The van der Waals surface area contributed by atoms with Gasteiger partial charge in [-0.15, -0.1) is 0 Å². The fourth-order valence-electron chi connectivity index (χ4n) is 10.4. The number of amides is 1. The number of nitrogens with one attached hydrogen (secondary N) is 1. The molecular weight excluding hydrogens is 831 g/mol. The summed E-state index contributed by atoms with van der Waals surface area (Å²) in [6, 6.07) is 21.0. The summed E-state index contributed by atoms with van der Waals surface area (Å²) in [6.45, 7) is 7.90. The van der Waals surface area contributed by atoms with Gasteiger partial charge in [-0.1, -0.05) is 68.4 Å². The molecule has 3 fully saturated rings. The lowest BCUT2D eigenvalue weighted by molar-refractivity contribution is -0.346. The van der Waals surface area contributed by atoms with E-state index in [0.717, 1.165) is 13.8 Å². The lowest BCUT2D eigenvalue weighted by atomic mass is 9.44. The molecule has 1 saturated heterocycles. The van der Waals surface area contributed by atoms with E-state index in [1.165, 1.54) is 33.1 Å². The van der Waals surface area contributed by atoms with Gasteiger partial charge in [-0.25, -0.2) is 9.59 Å². The van der Waals surface area contributed by atoms with E-state index < -0.39 is 113 Å². The SMILES string of the molecule is COc1cccc(C(=O)O[C@H]2[C@@H]3[C@]4(OC(C)=O)CO[C@@H]4C[C@H](O)[C@@]3(C)C(=O)[C@H](OC(C)=O)C3=C(C)[C@@H](OC(=O)[C@H](O)[C@@H](NC(=O)c4ccccc4)c4ccccc4)C[C@]2(O)C3(C)C)c1. The predicted molar refractivity (Wildman–Crippen MR) is 224 cm³/mol. The maximum absolute atomic E-state index is 15.6. The zero-order valence-corrected chi connectivity index (χ0v) is 36.6. The van der Waals surface area contributed by atoms with Crippen molar-refractivity contribution < 1.29 is 72.5 Å². The van der Waals surface area contributed by atoms with Crippen LogP contribution >= 0.6 is 0 Å². The van der Waals surface area contributed by atoms with Crippen LogP contribution in [0.25, 0.3) is 0 Å². The predicted octanol–water partition coefficient (Wildman–Crippen LogP) is 3.74. The van der Waals surface area contributed by atoms with Crippen LogP contribution in [0.4, 0.5) is 0 Å². The molecule has 16 nitrogen and oxygen atoms in total. The highest BCUT2D eigenvalue weighted by molar-refractivity contribution is 5.96. The molecule has 1 heterocycles. The number of ketones is 1. The number of methoxy groups -OCH3 is 1. The first kappa shape index (κ1) is 46.1. The van der Waals surface area contributed by atoms with E-state index in [-0.39, 0.29) is 35.3 Å². The molecule has 1 aliphatic heterocycles. The molecule has 3 aromatic carbocycles. The maximum Gasteiger partial charge on any atom is 0.338 e. The monoisotopic (exact) mass is 883 g/mol. The average Bonchev–Trinajstić information content (AvgIpc) is 3.26. The standard InChI is InChI=1S/C48H53NO15/c1-25-32(62-44(57)37(53)36(28-15-10-8-11-16-28)49-42(55)29-17-12-9-13-18-29)23-48(58)41(63-43(56)30-19-14-20-31(21-30)59-7)39-46(6,33(52)22-34-47(39,24-60-34)64-27(3)51)40(54)38(61-26(2)50)35(25)45(48,4)5/h8-21,32-34,36-39,41,52-53,58H,22-24H2,1-7H3,(H,49,55)/t32-,33-,34+,36-,37+,38+,39-,41-,46+,47-,48+/m0/s1. The molecule has 16 heteroatoms. The molecule has 0 spiro atoms. The van der Waals surface area contributed by atoms with E-state index >= 15 is 4.79 Å². The molecule has 7 rings (SSSR count). The Balaban J connectivity index is 1.39. The Morgan fingerprint density at radius 1 is 0.859 bits per heavy atom. The summed E-state index contributed by atoms with van der Waals surface area (Å²) < 4.78 is 35.7. The molecule has 11 atom stereocenters. The minimum absolute atomic E-state index is 0.0199. The zero-order valence-electron chi connectivity index (χ0n) is 36.6. The molecule has 2 bridgehead atoms. The molecule has 3 aromatic rings. The lowest BCUT2D eigenvalue weighted by Gasteiger charge is -2.67. The second-order valence-electron chi connectivity index (χ2n) is 17.7. The van der Waals surface area contributed by atoms with Crippen LogP contribution in [0.2, 0.25) is 0 Å². The maximum atomic E-state index is 15.6. The summed E-state index contributed by atoms with van der Waals surface area (Å²) in [4.78, 5) is 83.9. The molecule has 64 heavy (non-hydrogen) atoms. The van der Waals surface area contributed by atoms with Crippen molar-refractivity contribution in [3.63, 3.8) is 0 Å². The van der Waals surface area contributed by atoms with Gasteiger partial charge in [0.15, 0.2) is 23.6 Å². The Labute approximate surface area is 369 Å². The van der Waals surface area contributed by atoms with Gasteiger partial charge in [0.1, 0.15) is 29.7 Å². The highest BCUT2D eigenvalue weighted by Gasteiger charge is 2.78. The van der Waals surface area contributed by atoms with Gasteiger partial charge in [-0.3, -0.25) is 19.2 Å². The van der Waals surface area contributed by atoms with Crippen molar-refractivity contribution in [1.82, 2.24) is 5.32 Å². The van der Waals surface area contributed by atoms with Gasteiger partial charge < -0.3 is 49.1 Å². The van der Waals surface area contributed by atoms with Crippen LogP contribution < -0.4 is 10.1 Å². The fourth-order valence-corrected chi connectivity index (χ4v) is 10.4. The molecule has 4 N–H and O–H groups in total. The zero-order chi connectivity index (χ0) is 46.5. The Morgan fingerprint density at radius 3 is 2.09 bits per heavy atom. The topological polar surface area (TPSA) is 231 Å². The van der Waals surface area contributed by atoms with E-state index in [2.05, 4.69) is 5.32 Å². The van der Waals surface area contributed by atoms with Crippen LogP contribution in [-0.2, 0) is 42.9 Å². The summed E-state index contributed by atoms with van der Waals surface area (Å²) in [5.74, 6) is -6.70. The minimum atomic E-state index is -2.43. The van der Waals surface area contributed by atoms with E-state index in [4.69, 9.17) is 28.4 Å². The number of aliphatic hydroxyl groups excluding tert-OH is 2. The molecule has 2 saturated carbocycles. The molecule has 0 unspecified atom stereocenters. The highest BCUT2D eigenvalue weighted by atomic mass is 16.6. The summed E-state index contributed by atoms with van der Waals surface area (Å²) in [7, 11) is 1.40. The minimum Gasteiger partial charge on any atom is -0.497 e. The fraction of sp³-hybridized carbons (Fsp3) is 0.458. The summed E-state index contributed by atoms with van der Waals surface area (Å²) in [5, 5.41) is 40.4. The van der Waals surface area contributed by atoms with Crippen LogP contribution in [-0.4, -0.2) is 112 Å². The lowest BCUT2D eigenvalue weighted by Crippen LogP contribution is -2.82. The van der Waals surface area contributed by atoms with Gasteiger partial charge in [0.2, 0.25) is 0 Å². The van der Waals surface area contributed by atoms with E-state index in [9.17, 15) is 39.3 Å². The number of carbonyl (C=O) groups is 6. The number of hydrogen-bond donors (Lipinski definition) is 4. The number of Topliss-reactive ketones (excluding diaryl/α,β-unsaturated/α-hetero) is 1. The Bertz CT molecular complexity index is 2370. The molecule has 0 aromatic heterocycles. The van der Waals surface area contributed by atoms with Crippen LogP contribution in [0, 0.1) is 16.7 Å².